The van der Waals surface area contributed by atoms with Crippen molar-refractivity contribution in [3.8, 4) is 6.07 Å². The minimum Gasteiger partial charge on any atom is -0.398 e. The molecule has 1 heterocycles. The number of alkyl halides is 2. The monoisotopic (exact) mass is 183 g/mol. The molecule has 0 aromatic carbocycles. The molecule has 1 aromatic heterocycles. The summed E-state index contributed by atoms with van der Waals surface area (Å²) in [5.74, 6) is 0. The Kier molecular flexibility index (Phi) is 2.42. The molecule has 0 unspecified atom stereocenters. The van der Waals surface area contributed by atoms with Gasteiger partial charge in [-0.3, -0.25) is 4.98 Å². The summed E-state index contributed by atoms with van der Waals surface area (Å²) in [6, 6.07) is 2.82. The van der Waals surface area contributed by atoms with E-state index in [1.54, 1.807) is 6.07 Å². The number of aromatic nitrogens is 1. The van der Waals surface area contributed by atoms with Gasteiger partial charge in [0.2, 0.25) is 0 Å². The number of nitriles is 1. The summed E-state index contributed by atoms with van der Waals surface area (Å²) < 4.78 is 24.3. The molecule has 5 heteroatoms. The molecule has 0 radical (unpaired) electrons. The minimum atomic E-state index is -2.66. The largest absolute Gasteiger partial charge is 0.398 e. The van der Waals surface area contributed by atoms with Crippen LogP contribution in [0.1, 0.15) is 23.4 Å². The van der Waals surface area contributed by atoms with Crippen LogP contribution in [0, 0.1) is 18.3 Å². The second-order valence-electron chi connectivity index (χ2n) is 2.51. The summed E-state index contributed by atoms with van der Waals surface area (Å²) in [7, 11) is 0. The van der Waals surface area contributed by atoms with E-state index in [1.807, 2.05) is 0 Å². The van der Waals surface area contributed by atoms with Gasteiger partial charge in [-0.2, -0.15) is 5.26 Å². The van der Waals surface area contributed by atoms with Crippen molar-refractivity contribution >= 4 is 5.69 Å². The number of hydrogen-bond donors (Lipinski definition) is 1. The molecular formula is C8H7F2N3. The van der Waals surface area contributed by atoms with E-state index in [1.165, 1.54) is 6.92 Å². The third-order valence-corrected chi connectivity index (χ3v) is 1.59. The van der Waals surface area contributed by atoms with Gasteiger partial charge in [0.15, 0.2) is 0 Å². The fraction of sp³-hybridized carbons (Fsp3) is 0.250. The van der Waals surface area contributed by atoms with Crippen LogP contribution < -0.4 is 5.73 Å². The molecule has 3 nitrogen and oxygen atoms in total. The first-order chi connectivity index (χ1) is 6.06. The van der Waals surface area contributed by atoms with Crippen LogP contribution in [0.4, 0.5) is 14.5 Å². The lowest BCUT2D eigenvalue weighted by Crippen LogP contribution is -2.01. The SMILES string of the molecule is Cc1nc(C(F)F)cc(N)c1C#N. The van der Waals surface area contributed by atoms with Gasteiger partial charge in [0, 0.05) is 0 Å². The van der Waals surface area contributed by atoms with Crippen molar-refractivity contribution in [2.75, 3.05) is 5.73 Å². The zero-order chi connectivity index (χ0) is 10.0. The fourth-order valence-corrected chi connectivity index (χ4v) is 0.979. The van der Waals surface area contributed by atoms with Crippen molar-refractivity contribution in [3.05, 3.63) is 23.0 Å². The van der Waals surface area contributed by atoms with Gasteiger partial charge in [-0.15, -0.1) is 0 Å². The lowest BCUT2D eigenvalue weighted by Gasteiger charge is -2.04. The standard InChI is InChI=1S/C8H7F2N3/c1-4-5(3-11)6(12)2-7(13-4)8(9)10/h2,8H,1H3,(H2,12,13). The van der Waals surface area contributed by atoms with E-state index in [0.717, 1.165) is 6.07 Å². The van der Waals surface area contributed by atoms with Gasteiger partial charge in [-0.1, -0.05) is 0 Å². The quantitative estimate of drug-likeness (QED) is 0.721. The number of anilines is 1. The maximum atomic E-state index is 12.2. The lowest BCUT2D eigenvalue weighted by atomic mass is 10.1. The topological polar surface area (TPSA) is 62.7 Å². The molecule has 0 aliphatic rings. The molecule has 2 N–H and O–H groups in total. The Morgan fingerprint density at radius 3 is 2.62 bits per heavy atom. The molecule has 68 valence electrons. The Bertz CT molecular complexity index is 345. The normalized spacial score (nSPS) is 10.1. The first-order valence-corrected chi connectivity index (χ1v) is 3.51. The van der Waals surface area contributed by atoms with Gasteiger partial charge < -0.3 is 5.73 Å². The number of hydrogen-bond acceptors (Lipinski definition) is 3. The van der Waals surface area contributed by atoms with Crippen molar-refractivity contribution in [2.45, 2.75) is 13.3 Å². The van der Waals surface area contributed by atoms with Gasteiger partial charge >= 0.3 is 0 Å². The van der Waals surface area contributed by atoms with Crippen molar-refractivity contribution in [1.82, 2.24) is 4.98 Å². The maximum Gasteiger partial charge on any atom is 0.280 e. The smallest absolute Gasteiger partial charge is 0.280 e. The summed E-state index contributed by atoms with van der Waals surface area (Å²) in [6.45, 7) is 1.47. The fourth-order valence-electron chi connectivity index (χ4n) is 0.979. The van der Waals surface area contributed by atoms with Crippen LogP contribution in [0.15, 0.2) is 6.07 Å². The molecule has 1 aromatic rings. The summed E-state index contributed by atoms with van der Waals surface area (Å²) in [4.78, 5) is 3.55. The highest BCUT2D eigenvalue weighted by molar-refractivity contribution is 5.56. The molecule has 1 rings (SSSR count). The van der Waals surface area contributed by atoms with E-state index in [-0.39, 0.29) is 16.9 Å². The first-order valence-electron chi connectivity index (χ1n) is 3.51. The lowest BCUT2D eigenvalue weighted by molar-refractivity contribution is 0.146. The molecule has 0 aliphatic carbocycles. The Balaban J connectivity index is 3.30. The molecule has 0 spiro atoms. The third-order valence-electron chi connectivity index (χ3n) is 1.59. The van der Waals surface area contributed by atoms with E-state index < -0.39 is 12.1 Å². The highest BCUT2D eigenvalue weighted by atomic mass is 19.3. The van der Waals surface area contributed by atoms with Gasteiger partial charge in [0.25, 0.3) is 6.43 Å². The molecule has 0 atom stereocenters. The van der Waals surface area contributed by atoms with Gasteiger partial charge in [-0.05, 0) is 13.0 Å². The summed E-state index contributed by atoms with van der Waals surface area (Å²) in [5, 5.41) is 8.57. The predicted molar refractivity (Wildman–Crippen MR) is 43.1 cm³/mol. The van der Waals surface area contributed by atoms with Crippen molar-refractivity contribution in [1.29, 1.82) is 5.26 Å². The average molecular weight is 183 g/mol. The molecule has 0 bridgehead atoms. The van der Waals surface area contributed by atoms with Crippen LogP contribution in [0.25, 0.3) is 0 Å². The molecular weight excluding hydrogens is 176 g/mol. The molecule has 13 heavy (non-hydrogen) atoms. The predicted octanol–water partition coefficient (Wildman–Crippen LogP) is 1.78. The number of halogens is 2. The molecule has 0 saturated carbocycles. The second kappa shape index (κ2) is 3.35. The van der Waals surface area contributed by atoms with Crippen LogP contribution in [0.5, 0.6) is 0 Å². The average Bonchev–Trinajstić information content (AvgIpc) is 2.03. The number of nitrogens with zero attached hydrogens (tertiary/aromatic N) is 2. The van der Waals surface area contributed by atoms with Gasteiger partial charge in [0.1, 0.15) is 11.8 Å². The van der Waals surface area contributed by atoms with Crippen molar-refractivity contribution in [2.24, 2.45) is 0 Å². The number of rotatable bonds is 1. The Morgan fingerprint density at radius 2 is 2.23 bits per heavy atom. The maximum absolute atomic E-state index is 12.2. The summed E-state index contributed by atoms with van der Waals surface area (Å²) in [6.07, 6.45) is -2.66. The van der Waals surface area contributed by atoms with Crippen LogP contribution in [0.2, 0.25) is 0 Å². The minimum absolute atomic E-state index is 0.0466. The highest BCUT2D eigenvalue weighted by Gasteiger charge is 2.13. The second-order valence-corrected chi connectivity index (χ2v) is 2.51. The third kappa shape index (κ3) is 1.72. The van der Waals surface area contributed by atoms with E-state index in [4.69, 9.17) is 11.0 Å². The molecule has 0 amide bonds. The number of nitrogens with two attached hydrogens (primary N) is 1. The van der Waals surface area contributed by atoms with Crippen molar-refractivity contribution in [3.63, 3.8) is 0 Å². The Morgan fingerprint density at radius 1 is 1.62 bits per heavy atom. The number of nitrogen functional groups attached to an aromatic ring is 1. The summed E-state index contributed by atoms with van der Waals surface area (Å²) in [5.41, 5.74) is 5.42. The van der Waals surface area contributed by atoms with E-state index in [0.29, 0.717) is 0 Å². The highest BCUT2D eigenvalue weighted by Crippen LogP contribution is 2.22. The van der Waals surface area contributed by atoms with Crippen molar-refractivity contribution < 1.29 is 8.78 Å². The number of aryl methyl sites for hydroxylation is 1. The zero-order valence-corrected chi connectivity index (χ0v) is 6.88. The van der Waals surface area contributed by atoms with E-state index in [2.05, 4.69) is 4.98 Å². The van der Waals surface area contributed by atoms with Gasteiger partial charge in [-0.25, -0.2) is 8.78 Å². The van der Waals surface area contributed by atoms with E-state index >= 15 is 0 Å². The Labute approximate surface area is 73.8 Å². The van der Waals surface area contributed by atoms with Crippen LogP contribution in [0.3, 0.4) is 0 Å². The van der Waals surface area contributed by atoms with Crippen LogP contribution in [-0.2, 0) is 0 Å². The van der Waals surface area contributed by atoms with Gasteiger partial charge in [0.05, 0.1) is 16.9 Å². The first kappa shape index (κ1) is 9.39. The Hall–Kier alpha value is -1.70. The molecule has 0 saturated heterocycles. The molecule has 0 aliphatic heterocycles. The van der Waals surface area contributed by atoms with E-state index in [9.17, 15) is 8.78 Å². The molecule has 0 fully saturated rings. The zero-order valence-electron chi connectivity index (χ0n) is 6.88. The van der Waals surface area contributed by atoms with Crippen LogP contribution >= 0.6 is 0 Å². The van der Waals surface area contributed by atoms with Crippen LogP contribution in [-0.4, -0.2) is 4.98 Å². The number of pyridine rings is 1. The summed E-state index contributed by atoms with van der Waals surface area (Å²) >= 11 is 0.